The van der Waals surface area contributed by atoms with E-state index in [9.17, 15) is 9.90 Å². The van der Waals surface area contributed by atoms with Gasteiger partial charge in [0.25, 0.3) is 0 Å². The van der Waals surface area contributed by atoms with Crippen LogP contribution in [0.5, 0.6) is 0 Å². The van der Waals surface area contributed by atoms with E-state index in [-0.39, 0.29) is 18.1 Å². The molecule has 0 aliphatic carbocycles. The van der Waals surface area contributed by atoms with Crippen LogP contribution in [-0.4, -0.2) is 40.5 Å². The molecule has 0 bridgehead atoms. The van der Waals surface area contributed by atoms with Crippen molar-refractivity contribution in [3.05, 3.63) is 65.7 Å². The van der Waals surface area contributed by atoms with E-state index in [0.717, 1.165) is 11.0 Å². The number of benzene rings is 2. The van der Waals surface area contributed by atoms with Crippen LogP contribution in [0.3, 0.4) is 0 Å². The average molecular weight is 348 g/mol. The summed E-state index contributed by atoms with van der Waals surface area (Å²) in [4.78, 5) is 20.8. The number of rotatable bonds is 3. The molecule has 0 atom stereocenters. The van der Waals surface area contributed by atoms with Crippen molar-refractivity contribution in [3.63, 3.8) is 0 Å². The van der Waals surface area contributed by atoms with Crippen LogP contribution < -0.4 is 4.90 Å². The minimum Gasteiger partial charge on any atom is -0.509 e. The lowest BCUT2D eigenvalue weighted by atomic mass is 10.2. The summed E-state index contributed by atoms with van der Waals surface area (Å²) in [5.41, 5.74) is 3.11. The Bertz CT molecular complexity index is 1020. The molecule has 1 aliphatic heterocycles. The normalized spacial score (nSPS) is 14.3. The van der Waals surface area contributed by atoms with Gasteiger partial charge in [-0.2, -0.15) is 0 Å². The molecule has 0 amide bonds. The highest BCUT2D eigenvalue weighted by Gasteiger charge is 2.31. The highest BCUT2D eigenvalue weighted by atomic mass is 16.5. The summed E-state index contributed by atoms with van der Waals surface area (Å²) in [5, 5.41) is 18.9. The number of amidine groups is 1. The Morgan fingerprint density at radius 3 is 2.65 bits per heavy atom. The van der Waals surface area contributed by atoms with Crippen LogP contribution in [0.25, 0.3) is 16.6 Å². The van der Waals surface area contributed by atoms with E-state index in [0.29, 0.717) is 22.6 Å². The highest BCUT2D eigenvalue weighted by Crippen LogP contribution is 2.30. The molecule has 1 aliphatic rings. The summed E-state index contributed by atoms with van der Waals surface area (Å²) in [6, 6.07) is 14.2. The number of carbonyl (C=O) groups excluding carboxylic acids is 1. The zero-order chi connectivity index (χ0) is 18.3. The Balaban J connectivity index is 1.65. The van der Waals surface area contributed by atoms with Crippen LogP contribution in [-0.2, 0) is 4.74 Å². The standard InChI is InChI=1S/C19H16N4O3/c1-26-19(25)11-6-8-12(9-7-11)23-10-15(24)16(17(23)20)18-21-13-4-2-3-5-14(13)22-18/h2-9,20,24H,10H2,1H3,(H,21,22). The molecule has 0 radical (unpaired) electrons. The average Bonchev–Trinajstić information content (AvgIpc) is 3.21. The second-order valence-electron chi connectivity index (χ2n) is 5.90. The lowest BCUT2D eigenvalue weighted by Gasteiger charge is -2.18. The highest BCUT2D eigenvalue weighted by molar-refractivity contribution is 6.30. The molecule has 1 aromatic heterocycles. The van der Waals surface area contributed by atoms with Gasteiger partial charge in [-0.15, -0.1) is 0 Å². The summed E-state index contributed by atoms with van der Waals surface area (Å²) in [5.74, 6) is 0.262. The van der Waals surface area contributed by atoms with Gasteiger partial charge in [-0.25, -0.2) is 9.78 Å². The fourth-order valence-electron chi connectivity index (χ4n) is 3.02. The zero-order valence-corrected chi connectivity index (χ0v) is 14.0. The molecule has 2 heterocycles. The van der Waals surface area contributed by atoms with Gasteiger partial charge < -0.3 is 19.7 Å². The molecule has 2 aromatic carbocycles. The number of ether oxygens (including phenoxy) is 1. The Kier molecular flexibility index (Phi) is 3.69. The molecule has 0 saturated carbocycles. The van der Waals surface area contributed by atoms with Gasteiger partial charge in [-0.05, 0) is 36.4 Å². The maximum atomic E-state index is 11.5. The molecule has 0 saturated heterocycles. The summed E-state index contributed by atoms with van der Waals surface area (Å²) in [7, 11) is 1.33. The van der Waals surface area contributed by atoms with Gasteiger partial charge in [0, 0.05) is 5.69 Å². The zero-order valence-electron chi connectivity index (χ0n) is 14.0. The van der Waals surface area contributed by atoms with E-state index in [1.54, 1.807) is 29.2 Å². The fraction of sp³-hybridized carbons (Fsp3) is 0.105. The van der Waals surface area contributed by atoms with Crippen molar-refractivity contribution in [3.8, 4) is 0 Å². The molecule has 3 N–H and O–H groups in total. The first kappa shape index (κ1) is 15.9. The van der Waals surface area contributed by atoms with Crippen molar-refractivity contribution in [2.45, 2.75) is 0 Å². The van der Waals surface area contributed by atoms with Gasteiger partial charge in [0.2, 0.25) is 0 Å². The first-order valence-electron chi connectivity index (χ1n) is 8.00. The predicted octanol–water partition coefficient (Wildman–Crippen LogP) is 3.12. The Morgan fingerprint density at radius 1 is 1.23 bits per heavy atom. The number of para-hydroxylation sites is 2. The number of carbonyl (C=O) groups is 1. The summed E-state index contributed by atoms with van der Waals surface area (Å²) < 4.78 is 4.69. The molecule has 26 heavy (non-hydrogen) atoms. The minimum atomic E-state index is -0.419. The Morgan fingerprint density at radius 2 is 1.96 bits per heavy atom. The quantitative estimate of drug-likeness (QED) is 0.631. The second kappa shape index (κ2) is 6.03. The maximum Gasteiger partial charge on any atom is 0.337 e. The van der Waals surface area contributed by atoms with E-state index in [1.165, 1.54) is 7.11 Å². The molecule has 4 rings (SSSR count). The van der Waals surface area contributed by atoms with Gasteiger partial charge in [-0.3, -0.25) is 5.41 Å². The number of nitrogens with zero attached hydrogens (tertiary/aromatic N) is 2. The van der Waals surface area contributed by atoms with Crippen molar-refractivity contribution < 1.29 is 14.6 Å². The Labute approximate surface area is 149 Å². The lowest BCUT2D eigenvalue weighted by molar-refractivity contribution is 0.0601. The number of aliphatic hydroxyl groups excluding tert-OH is 1. The number of hydrogen-bond acceptors (Lipinski definition) is 5. The predicted molar refractivity (Wildman–Crippen MR) is 98.5 cm³/mol. The number of hydrogen-bond donors (Lipinski definition) is 3. The van der Waals surface area contributed by atoms with Crippen LogP contribution in [0.2, 0.25) is 0 Å². The molecule has 3 aromatic rings. The number of imidazole rings is 1. The fourth-order valence-corrected chi connectivity index (χ4v) is 3.02. The minimum absolute atomic E-state index is 0.0751. The molecular formula is C19H16N4O3. The maximum absolute atomic E-state index is 11.5. The summed E-state index contributed by atoms with van der Waals surface area (Å²) in [6.45, 7) is 0.169. The third-order valence-electron chi connectivity index (χ3n) is 4.33. The smallest absolute Gasteiger partial charge is 0.337 e. The van der Waals surface area contributed by atoms with Gasteiger partial charge >= 0.3 is 5.97 Å². The summed E-state index contributed by atoms with van der Waals surface area (Å²) in [6.07, 6.45) is 0. The molecule has 0 fully saturated rings. The van der Waals surface area contributed by atoms with E-state index >= 15 is 0 Å². The monoisotopic (exact) mass is 348 g/mol. The van der Waals surface area contributed by atoms with Crippen molar-refractivity contribution in [2.24, 2.45) is 0 Å². The molecule has 7 nitrogen and oxygen atoms in total. The SMILES string of the molecule is COC(=O)c1ccc(N2CC(O)=C(c3nc4ccccc4[nH]3)C2=N)cc1. The number of aromatic nitrogens is 2. The first-order valence-corrected chi connectivity index (χ1v) is 8.00. The number of esters is 1. The van der Waals surface area contributed by atoms with Gasteiger partial charge in [0.1, 0.15) is 17.4 Å². The number of H-pyrrole nitrogens is 1. The van der Waals surface area contributed by atoms with E-state index in [2.05, 4.69) is 14.7 Å². The molecule has 7 heteroatoms. The third kappa shape index (κ3) is 2.50. The number of aromatic amines is 1. The second-order valence-corrected chi connectivity index (χ2v) is 5.90. The van der Waals surface area contributed by atoms with Crippen molar-refractivity contribution in [2.75, 3.05) is 18.6 Å². The lowest BCUT2D eigenvalue weighted by Crippen LogP contribution is -2.26. The van der Waals surface area contributed by atoms with Crippen molar-refractivity contribution >= 4 is 34.1 Å². The van der Waals surface area contributed by atoms with Crippen LogP contribution in [0.15, 0.2) is 54.3 Å². The molecule has 0 unspecified atom stereocenters. The molecular weight excluding hydrogens is 332 g/mol. The topological polar surface area (TPSA) is 102 Å². The largest absolute Gasteiger partial charge is 0.509 e. The van der Waals surface area contributed by atoms with E-state index < -0.39 is 5.97 Å². The van der Waals surface area contributed by atoms with Crippen LogP contribution in [0.4, 0.5) is 5.69 Å². The van der Waals surface area contributed by atoms with Gasteiger partial charge in [0.05, 0.1) is 35.8 Å². The number of aliphatic hydroxyl groups is 1. The van der Waals surface area contributed by atoms with Crippen LogP contribution >= 0.6 is 0 Å². The van der Waals surface area contributed by atoms with E-state index in [4.69, 9.17) is 5.41 Å². The van der Waals surface area contributed by atoms with Crippen LogP contribution in [0.1, 0.15) is 16.2 Å². The number of anilines is 1. The van der Waals surface area contributed by atoms with E-state index in [1.807, 2.05) is 24.3 Å². The van der Waals surface area contributed by atoms with Gasteiger partial charge in [-0.1, -0.05) is 12.1 Å². The summed E-state index contributed by atoms with van der Waals surface area (Å²) >= 11 is 0. The van der Waals surface area contributed by atoms with Crippen molar-refractivity contribution in [1.29, 1.82) is 5.41 Å². The number of methoxy groups -OCH3 is 1. The van der Waals surface area contributed by atoms with Crippen LogP contribution in [0, 0.1) is 5.41 Å². The molecule has 130 valence electrons. The number of fused-ring (bicyclic) bond motifs is 1. The third-order valence-corrected chi connectivity index (χ3v) is 4.33. The first-order chi connectivity index (χ1) is 12.6. The Hall–Kier alpha value is -3.61. The number of nitrogens with one attached hydrogen (secondary N) is 2. The van der Waals surface area contributed by atoms with Crippen molar-refractivity contribution in [1.82, 2.24) is 9.97 Å². The molecule has 0 spiro atoms. The van der Waals surface area contributed by atoms with Gasteiger partial charge in [0.15, 0.2) is 0 Å².